The summed E-state index contributed by atoms with van der Waals surface area (Å²) in [6.45, 7) is 2.17. The number of halogens is 2. The number of nitrogens with zero attached hydrogens (tertiary/aromatic N) is 1. The van der Waals surface area contributed by atoms with Gasteiger partial charge in [-0.05, 0) is 49.4 Å². The Morgan fingerprint density at radius 1 is 1.25 bits per heavy atom. The van der Waals surface area contributed by atoms with Gasteiger partial charge in [-0.25, -0.2) is 13.8 Å². The molecule has 3 aromatic rings. The van der Waals surface area contributed by atoms with E-state index in [0.717, 1.165) is 0 Å². The van der Waals surface area contributed by atoms with E-state index in [2.05, 4.69) is 10.3 Å². The molecule has 1 unspecified atom stereocenters. The zero-order valence-corrected chi connectivity index (χ0v) is 15.7. The fraction of sp³-hybridized carbons (Fsp3) is 0.200. The molecule has 0 saturated carbocycles. The molecule has 2 heterocycles. The molecule has 1 aliphatic heterocycles. The molecule has 0 fully saturated rings. The lowest BCUT2D eigenvalue weighted by atomic mass is 10.1. The van der Waals surface area contributed by atoms with Crippen LogP contribution in [0.5, 0.6) is 11.5 Å². The van der Waals surface area contributed by atoms with E-state index in [9.17, 15) is 13.6 Å². The molecule has 5 nitrogen and oxygen atoms in total. The molecule has 1 aromatic heterocycles. The van der Waals surface area contributed by atoms with Crippen molar-refractivity contribution in [2.24, 2.45) is 0 Å². The Balaban J connectivity index is 1.43. The lowest BCUT2D eigenvalue weighted by Gasteiger charge is -2.11. The third-order valence-corrected chi connectivity index (χ3v) is 5.41. The molecule has 0 saturated heterocycles. The number of ether oxygens (including phenoxy) is 2. The van der Waals surface area contributed by atoms with Gasteiger partial charge in [0.25, 0.3) is 5.91 Å². The molecule has 0 bridgehead atoms. The van der Waals surface area contributed by atoms with Crippen molar-refractivity contribution in [2.75, 3.05) is 6.61 Å². The maximum Gasteiger partial charge on any atom is 0.263 e. The molecule has 0 aliphatic carbocycles. The highest BCUT2D eigenvalue weighted by molar-refractivity contribution is 7.13. The predicted molar refractivity (Wildman–Crippen MR) is 99.7 cm³/mol. The molecule has 1 atom stereocenters. The van der Waals surface area contributed by atoms with Crippen molar-refractivity contribution in [3.05, 3.63) is 75.2 Å². The zero-order chi connectivity index (χ0) is 19.7. The van der Waals surface area contributed by atoms with Crippen LogP contribution in [0.3, 0.4) is 0 Å². The Morgan fingerprint density at radius 2 is 2.00 bits per heavy atom. The van der Waals surface area contributed by atoms with Crippen molar-refractivity contribution in [3.8, 4) is 11.5 Å². The third kappa shape index (κ3) is 3.82. The minimum absolute atomic E-state index is 0.172. The number of hydrogen-bond donors (Lipinski definition) is 1. The van der Waals surface area contributed by atoms with Gasteiger partial charge in [0.05, 0.1) is 11.7 Å². The van der Waals surface area contributed by atoms with Gasteiger partial charge in [0.15, 0.2) is 0 Å². The molecule has 1 N–H and O–H groups in total. The van der Waals surface area contributed by atoms with Crippen LogP contribution in [-0.4, -0.2) is 17.5 Å². The average Bonchev–Trinajstić information content (AvgIpc) is 3.24. The molecular weight excluding hydrogens is 386 g/mol. The van der Waals surface area contributed by atoms with Gasteiger partial charge in [-0.1, -0.05) is 0 Å². The lowest BCUT2D eigenvalue weighted by Crippen LogP contribution is -2.29. The van der Waals surface area contributed by atoms with Crippen molar-refractivity contribution in [1.82, 2.24) is 10.3 Å². The predicted octanol–water partition coefficient (Wildman–Crippen LogP) is 4.17. The zero-order valence-electron chi connectivity index (χ0n) is 14.9. The summed E-state index contributed by atoms with van der Waals surface area (Å²) in [5, 5.41) is 3.50. The van der Waals surface area contributed by atoms with Crippen LogP contribution in [0.15, 0.2) is 42.5 Å². The quantitative estimate of drug-likeness (QED) is 0.696. The van der Waals surface area contributed by atoms with Crippen LogP contribution in [0.2, 0.25) is 0 Å². The normalized spacial score (nSPS) is 15.0. The Labute approximate surface area is 163 Å². The number of hydrogen-bond acceptors (Lipinski definition) is 5. The van der Waals surface area contributed by atoms with E-state index in [1.165, 1.54) is 47.7 Å². The summed E-state index contributed by atoms with van der Waals surface area (Å²) < 4.78 is 37.5. The number of thiazole rings is 1. The van der Waals surface area contributed by atoms with Gasteiger partial charge in [0.1, 0.15) is 46.2 Å². The summed E-state index contributed by atoms with van der Waals surface area (Å²) >= 11 is 1.22. The number of rotatable bonds is 5. The van der Waals surface area contributed by atoms with Crippen molar-refractivity contribution in [3.63, 3.8) is 0 Å². The van der Waals surface area contributed by atoms with Crippen molar-refractivity contribution in [2.45, 2.75) is 19.6 Å². The Bertz CT molecular complexity index is 1020. The first-order valence-corrected chi connectivity index (χ1v) is 9.39. The maximum atomic E-state index is 13.5. The van der Waals surface area contributed by atoms with Crippen LogP contribution in [0.1, 0.15) is 32.0 Å². The largest absolute Gasteiger partial charge is 0.491 e. The van der Waals surface area contributed by atoms with E-state index in [1.807, 2.05) is 0 Å². The minimum Gasteiger partial charge on any atom is -0.491 e. The van der Waals surface area contributed by atoms with Crippen LogP contribution in [-0.2, 0) is 6.61 Å². The smallest absolute Gasteiger partial charge is 0.263 e. The first-order valence-electron chi connectivity index (χ1n) is 8.57. The van der Waals surface area contributed by atoms with E-state index in [0.29, 0.717) is 32.6 Å². The van der Waals surface area contributed by atoms with Crippen LogP contribution in [0, 0.1) is 18.6 Å². The van der Waals surface area contributed by atoms with Gasteiger partial charge >= 0.3 is 0 Å². The monoisotopic (exact) mass is 402 g/mol. The fourth-order valence-electron chi connectivity index (χ4n) is 2.93. The number of nitrogens with one attached hydrogen (secondary N) is 1. The number of aromatic nitrogens is 1. The molecule has 1 aliphatic rings. The van der Waals surface area contributed by atoms with Gasteiger partial charge in [-0.2, -0.15) is 0 Å². The second-order valence-corrected chi connectivity index (χ2v) is 7.37. The number of fused-ring (bicyclic) bond motifs is 1. The van der Waals surface area contributed by atoms with Gasteiger partial charge in [0, 0.05) is 5.56 Å². The highest BCUT2D eigenvalue weighted by Gasteiger charge is 2.27. The summed E-state index contributed by atoms with van der Waals surface area (Å²) in [7, 11) is 0. The second-order valence-electron chi connectivity index (χ2n) is 6.28. The molecule has 0 radical (unpaired) electrons. The molecule has 4 rings (SSSR count). The van der Waals surface area contributed by atoms with E-state index in [1.54, 1.807) is 13.0 Å². The number of carbonyl (C=O) groups is 1. The number of aryl methyl sites for hydroxylation is 1. The van der Waals surface area contributed by atoms with Crippen molar-refractivity contribution < 1.29 is 23.0 Å². The maximum absolute atomic E-state index is 13.5. The minimum atomic E-state index is -0.418. The van der Waals surface area contributed by atoms with Crippen LogP contribution in [0.4, 0.5) is 8.78 Å². The van der Waals surface area contributed by atoms with E-state index < -0.39 is 6.04 Å². The Kier molecular flexibility index (Phi) is 4.95. The number of benzene rings is 2. The molecule has 0 spiro atoms. The van der Waals surface area contributed by atoms with Crippen LogP contribution in [0.25, 0.3) is 0 Å². The Morgan fingerprint density at radius 3 is 2.79 bits per heavy atom. The molecular formula is C20H16F2N2O3S. The van der Waals surface area contributed by atoms with Crippen molar-refractivity contribution in [1.29, 1.82) is 0 Å². The first-order chi connectivity index (χ1) is 13.5. The standard InChI is InChI=1S/C20H16F2N2O3S/c1-11-19(28-18(23-11)10-26-14-5-2-12(21)3-6-14)20(25)24-16-9-27-17-7-4-13(22)8-15(16)17/h2-8,16H,9-10H2,1H3,(H,24,25). The average molecular weight is 402 g/mol. The van der Waals surface area contributed by atoms with E-state index in [4.69, 9.17) is 9.47 Å². The first kappa shape index (κ1) is 18.4. The molecule has 28 heavy (non-hydrogen) atoms. The Hall–Kier alpha value is -3.00. The van der Waals surface area contributed by atoms with Crippen LogP contribution >= 0.6 is 11.3 Å². The lowest BCUT2D eigenvalue weighted by molar-refractivity contribution is 0.0933. The van der Waals surface area contributed by atoms with Gasteiger partial charge in [0.2, 0.25) is 0 Å². The van der Waals surface area contributed by atoms with E-state index in [-0.39, 0.29) is 30.8 Å². The third-order valence-electron chi connectivity index (χ3n) is 4.28. The second kappa shape index (κ2) is 7.55. The molecule has 144 valence electrons. The molecule has 8 heteroatoms. The van der Waals surface area contributed by atoms with Gasteiger partial charge < -0.3 is 14.8 Å². The topological polar surface area (TPSA) is 60.5 Å². The molecule has 1 amide bonds. The number of amides is 1. The fourth-order valence-corrected chi connectivity index (χ4v) is 3.81. The molecule has 2 aromatic carbocycles. The van der Waals surface area contributed by atoms with Gasteiger partial charge in [-0.3, -0.25) is 4.79 Å². The highest BCUT2D eigenvalue weighted by atomic mass is 32.1. The van der Waals surface area contributed by atoms with E-state index >= 15 is 0 Å². The van der Waals surface area contributed by atoms with Crippen molar-refractivity contribution >= 4 is 17.2 Å². The number of carbonyl (C=O) groups excluding carboxylic acids is 1. The SMILES string of the molecule is Cc1nc(COc2ccc(F)cc2)sc1C(=O)NC1COc2ccc(F)cc21. The highest BCUT2D eigenvalue weighted by Crippen LogP contribution is 2.33. The summed E-state index contributed by atoms with van der Waals surface area (Å²) in [5.74, 6) is 0.0725. The summed E-state index contributed by atoms with van der Waals surface area (Å²) in [4.78, 5) is 17.5. The summed E-state index contributed by atoms with van der Waals surface area (Å²) in [6.07, 6.45) is 0. The van der Waals surface area contributed by atoms with Gasteiger partial charge in [-0.15, -0.1) is 11.3 Å². The summed E-state index contributed by atoms with van der Waals surface area (Å²) in [5.41, 5.74) is 1.20. The summed E-state index contributed by atoms with van der Waals surface area (Å²) in [6, 6.07) is 9.51. The van der Waals surface area contributed by atoms with Crippen LogP contribution < -0.4 is 14.8 Å².